The van der Waals surface area contributed by atoms with Crippen LogP contribution in [0.4, 0.5) is 5.69 Å². The van der Waals surface area contributed by atoms with E-state index in [4.69, 9.17) is 11.6 Å². The first-order valence-electron chi connectivity index (χ1n) is 10.4. The zero-order valence-corrected chi connectivity index (χ0v) is 20.0. The predicted octanol–water partition coefficient (Wildman–Crippen LogP) is 4.82. The standard InChI is InChI=1S/C25H27ClN2O3S/c1-18-7-11-21(12-8-18)15-16-27-25(29)17-28(24-6-4-5-23(26)20(24)3)32(30,31)22-13-9-19(2)10-14-22/h4-14H,15-17H2,1-3H3,(H,27,29). The molecule has 0 unspecified atom stereocenters. The normalized spacial score (nSPS) is 11.2. The van der Waals surface area contributed by atoms with Gasteiger partial charge in [-0.05, 0) is 62.6 Å². The molecule has 168 valence electrons. The zero-order valence-electron chi connectivity index (χ0n) is 18.4. The molecule has 5 nitrogen and oxygen atoms in total. The lowest BCUT2D eigenvalue weighted by atomic mass is 10.1. The molecule has 7 heteroatoms. The first-order valence-corrected chi connectivity index (χ1v) is 12.2. The SMILES string of the molecule is Cc1ccc(CCNC(=O)CN(c2cccc(Cl)c2C)S(=O)(=O)c2ccc(C)cc2)cc1. The van der Waals surface area contributed by atoms with Crippen molar-refractivity contribution in [3.05, 3.63) is 94.0 Å². The number of benzene rings is 3. The van der Waals surface area contributed by atoms with Crippen molar-refractivity contribution in [2.75, 3.05) is 17.4 Å². The lowest BCUT2D eigenvalue weighted by molar-refractivity contribution is -0.119. The van der Waals surface area contributed by atoms with Crippen molar-refractivity contribution in [2.24, 2.45) is 0 Å². The smallest absolute Gasteiger partial charge is 0.264 e. The Hall–Kier alpha value is -2.83. The molecule has 0 heterocycles. The van der Waals surface area contributed by atoms with Crippen LogP contribution in [0.5, 0.6) is 0 Å². The number of hydrogen-bond acceptors (Lipinski definition) is 3. The number of halogens is 1. The molecule has 32 heavy (non-hydrogen) atoms. The van der Waals surface area contributed by atoms with Gasteiger partial charge in [-0.3, -0.25) is 9.10 Å². The number of anilines is 1. The fourth-order valence-electron chi connectivity index (χ4n) is 3.29. The summed E-state index contributed by atoms with van der Waals surface area (Å²) in [6, 6.07) is 19.7. The van der Waals surface area contributed by atoms with Crippen molar-refractivity contribution >= 4 is 33.2 Å². The molecule has 0 fully saturated rings. The average Bonchev–Trinajstić information content (AvgIpc) is 2.76. The number of hydrogen-bond donors (Lipinski definition) is 1. The number of rotatable bonds is 8. The highest BCUT2D eigenvalue weighted by atomic mass is 35.5. The van der Waals surface area contributed by atoms with Crippen molar-refractivity contribution in [1.29, 1.82) is 0 Å². The number of aryl methyl sites for hydroxylation is 2. The van der Waals surface area contributed by atoms with Gasteiger partial charge in [0, 0.05) is 11.6 Å². The van der Waals surface area contributed by atoms with Gasteiger partial charge in [0.25, 0.3) is 10.0 Å². The maximum atomic E-state index is 13.5. The van der Waals surface area contributed by atoms with Crippen LogP contribution in [0.25, 0.3) is 0 Å². The van der Waals surface area contributed by atoms with E-state index in [1.54, 1.807) is 49.4 Å². The fraction of sp³-hybridized carbons (Fsp3) is 0.240. The Morgan fingerprint density at radius 2 is 1.50 bits per heavy atom. The minimum atomic E-state index is -3.97. The van der Waals surface area contributed by atoms with E-state index in [9.17, 15) is 13.2 Å². The van der Waals surface area contributed by atoms with Crippen molar-refractivity contribution < 1.29 is 13.2 Å². The van der Waals surface area contributed by atoms with Crippen LogP contribution in [-0.4, -0.2) is 27.4 Å². The number of carbonyl (C=O) groups is 1. The molecule has 1 N–H and O–H groups in total. The molecular formula is C25H27ClN2O3S. The number of nitrogens with one attached hydrogen (secondary N) is 1. The molecule has 0 aliphatic carbocycles. The highest BCUT2D eigenvalue weighted by Gasteiger charge is 2.28. The predicted molar refractivity (Wildman–Crippen MR) is 130 cm³/mol. The summed E-state index contributed by atoms with van der Waals surface area (Å²) in [4.78, 5) is 12.9. The van der Waals surface area contributed by atoms with Gasteiger partial charge in [0.05, 0.1) is 10.6 Å². The number of sulfonamides is 1. The van der Waals surface area contributed by atoms with E-state index in [-0.39, 0.29) is 17.3 Å². The summed E-state index contributed by atoms with van der Waals surface area (Å²) < 4.78 is 28.1. The van der Waals surface area contributed by atoms with Gasteiger partial charge in [0.1, 0.15) is 6.54 Å². The molecule has 1 amide bonds. The van der Waals surface area contributed by atoms with Crippen molar-refractivity contribution in [3.8, 4) is 0 Å². The third kappa shape index (κ3) is 5.69. The van der Waals surface area contributed by atoms with Gasteiger partial charge in [0.15, 0.2) is 0 Å². The van der Waals surface area contributed by atoms with E-state index in [2.05, 4.69) is 5.32 Å². The Balaban J connectivity index is 1.82. The summed E-state index contributed by atoms with van der Waals surface area (Å²) in [5, 5.41) is 3.27. The summed E-state index contributed by atoms with van der Waals surface area (Å²) in [6.07, 6.45) is 0.660. The molecule has 0 aliphatic heterocycles. The van der Waals surface area contributed by atoms with E-state index in [1.807, 2.05) is 38.1 Å². The van der Waals surface area contributed by atoms with E-state index in [0.717, 1.165) is 15.4 Å². The minimum Gasteiger partial charge on any atom is -0.354 e. The summed E-state index contributed by atoms with van der Waals surface area (Å²) in [6.45, 7) is 5.72. The Bertz CT molecular complexity index is 1190. The molecule has 3 aromatic rings. The lowest BCUT2D eigenvalue weighted by Gasteiger charge is -2.26. The highest BCUT2D eigenvalue weighted by molar-refractivity contribution is 7.92. The molecule has 3 rings (SSSR count). The van der Waals surface area contributed by atoms with Crippen molar-refractivity contribution in [1.82, 2.24) is 5.32 Å². The van der Waals surface area contributed by atoms with Crippen LogP contribution >= 0.6 is 11.6 Å². The number of nitrogens with zero attached hydrogens (tertiary/aromatic N) is 1. The van der Waals surface area contributed by atoms with Crippen LogP contribution in [0.15, 0.2) is 71.6 Å². The quantitative estimate of drug-likeness (QED) is 0.513. The topological polar surface area (TPSA) is 66.5 Å². The van der Waals surface area contributed by atoms with Crippen LogP contribution in [0, 0.1) is 20.8 Å². The van der Waals surface area contributed by atoms with Crippen LogP contribution in [0.3, 0.4) is 0 Å². The van der Waals surface area contributed by atoms with Crippen LogP contribution in [0.2, 0.25) is 5.02 Å². The first kappa shape index (κ1) is 23.8. The van der Waals surface area contributed by atoms with Gasteiger partial charge in [-0.25, -0.2) is 8.42 Å². The second-order valence-corrected chi connectivity index (χ2v) is 10.1. The monoisotopic (exact) mass is 470 g/mol. The maximum Gasteiger partial charge on any atom is 0.264 e. The molecule has 0 bridgehead atoms. The average molecular weight is 471 g/mol. The Labute approximate surface area is 195 Å². The Morgan fingerprint density at radius 1 is 0.906 bits per heavy atom. The third-order valence-electron chi connectivity index (χ3n) is 5.26. The molecule has 0 aliphatic rings. The fourth-order valence-corrected chi connectivity index (χ4v) is 4.94. The van der Waals surface area contributed by atoms with Crippen molar-refractivity contribution in [3.63, 3.8) is 0 Å². The lowest BCUT2D eigenvalue weighted by Crippen LogP contribution is -2.41. The van der Waals surface area contributed by atoms with Gasteiger partial charge in [0.2, 0.25) is 5.91 Å². The number of carbonyl (C=O) groups excluding carboxylic acids is 1. The molecular weight excluding hydrogens is 444 g/mol. The van der Waals surface area contributed by atoms with Gasteiger partial charge < -0.3 is 5.32 Å². The highest BCUT2D eigenvalue weighted by Crippen LogP contribution is 2.30. The Morgan fingerprint density at radius 3 is 2.12 bits per heavy atom. The molecule has 0 spiro atoms. The molecule has 0 aromatic heterocycles. The molecule has 0 saturated heterocycles. The summed E-state index contributed by atoms with van der Waals surface area (Å²) >= 11 is 6.25. The van der Waals surface area contributed by atoms with E-state index < -0.39 is 10.0 Å². The largest absolute Gasteiger partial charge is 0.354 e. The number of amides is 1. The molecule has 0 atom stereocenters. The van der Waals surface area contributed by atoms with E-state index >= 15 is 0 Å². The minimum absolute atomic E-state index is 0.120. The second kappa shape index (κ2) is 10.2. The third-order valence-corrected chi connectivity index (χ3v) is 7.44. The van der Waals surface area contributed by atoms with Crippen LogP contribution < -0.4 is 9.62 Å². The summed E-state index contributed by atoms with van der Waals surface area (Å²) in [5.74, 6) is -0.382. The molecule has 0 saturated carbocycles. The zero-order chi connectivity index (χ0) is 23.3. The maximum absolute atomic E-state index is 13.5. The van der Waals surface area contributed by atoms with Gasteiger partial charge >= 0.3 is 0 Å². The molecule has 0 radical (unpaired) electrons. The van der Waals surface area contributed by atoms with E-state index in [1.165, 1.54) is 5.56 Å². The van der Waals surface area contributed by atoms with Crippen molar-refractivity contribution in [2.45, 2.75) is 32.1 Å². The van der Waals surface area contributed by atoms with Gasteiger partial charge in [-0.15, -0.1) is 0 Å². The van der Waals surface area contributed by atoms with Gasteiger partial charge in [-0.2, -0.15) is 0 Å². The molecule has 3 aromatic carbocycles. The Kier molecular flexibility index (Phi) is 7.59. The summed E-state index contributed by atoms with van der Waals surface area (Å²) in [7, 11) is -3.97. The van der Waals surface area contributed by atoms with Crippen LogP contribution in [0.1, 0.15) is 22.3 Å². The van der Waals surface area contributed by atoms with E-state index in [0.29, 0.717) is 29.2 Å². The van der Waals surface area contributed by atoms with Crippen LogP contribution in [-0.2, 0) is 21.2 Å². The van der Waals surface area contributed by atoms with Gasteiger partial charge in [-0.1, -0.05) is 65.2 Å². The first-order chi connectivity index (χ1) is 15.2. The second-order valence-electron chi connectivity index (χ2n) is 7.79. The summed E-state index contributed by atoms with van der Waals surface area (Å²) in [5.41, 5.74) is 4.20.